The first kappa shape index (κ1) is 11.5. The molecule has 4 nitrogen and oxygen atoms in total. The monoisotopic (exact) mass is 223 g/mol. The van der Waals surface area contributed by atoms with Gasteiger partial charge in [0.2, 0.25) is 0 Å². The molecule has 0 aliphatic carbocycles. The molecule has 1 aromatic heterocycles. The maximum atomic E-state index is 11.8. The van der Waals surface area contributed by atoms with E-state index in [2.05, 4.69) is 5.32 Å². The quantitative estimate of drug-likeness (QED) is 0.826. The fourth-order valence-corrected chi connectivity index (χ4v) is 2.50. The van der Waals surface area contributed by atoms with Gasteiger partial charge in [0.15, 0.2) is 0 Å². The lowest BCUT2D eigenvalue weighted by Gasteiger charge is -2.22. The van der Waals surface area contributed by atoms with Crippen LogP contribution in [0.2, 0.25) is 0 Å². The standard InChI is InChI=1S/C12H21N3O/c1-10-9-14(2)12(16)15(10)8-5-11-3-6-13-7-4-11/h9,11,13H,3-8H2,1-2H3. The van der Waals surface area contributed by atoms with E-state index in [1.54, 1.807) is 4.57 Å². The highest BCUT2D eigenvalue weighted by Crippen LogP contribution is 2.16. The Morgan fingerprint density at radius 3 is 2.69 bits per heavy atom. The smallest absolute Gasteiger partial charge is 0.317 e. The second-order valence-electron chi connectivity index (χ2n) is 4.80. The van der Waals surface area contributed by atoms with E-state index in [1.807, 2.05) is 24.7 Å². The normalized spacial score (nSPS) is 17.9. The Bertz CT molecular complexity index is 399. The number of aryl methyl sites for hydroxylation is 2. The number of aromatic nitrogens is 2. The van der Waals surface area contributed by atoms with Gasteiger partial charge < -0.3 is 9.88 Å². The van der Waals surface area contributed by atoms with Crippen molar-refractivity contribution in [1.29, 1.82) is 0 Å². The van der Waals surface area contributed by atoms with Crippen LogP contribution in [0.4, 0.5) is 0 Å². The lowest BCUT2D eigenvalue weighted by atomic mass is 9.95. The van der Waals surface area contributed by atoms with Crippen molar-refractivity contribution in [3.63, 3.8) is 0 Å². The Kier molecular flexibility index (Phi) is 3.49. The van der Waals surface area contributed by atoms with Crippen LogP contribution >= 0.6 is 0 Å². The summed E-state index contributed by atoms with van der Waals surface area (Å²) in [5, 5.41) is 3.37. The molecule has 1 N–H and O–H groups in total. The van der Waals surface area contributed by atoms with Crippen LogP contribution in [0.15, 0.2) is 11.0 Å². The number of piperidine rings is 1. The van der Waals surface area contributed by atoms with Gasteiger partial charge in [0.1, 0.15) is 0 Å². The molecular formula is C12H21N3O. The van der Waals surface area contributed by atoms with Gasteiger partial charge in [-0.05, 0) is 45.2 Å². The van der Waals surface area contributed by atoms with E-state index in [9.17, 15) is 4.79 Å². The van der Waals surface area contributed by atoms with Crippen LogP contribution in [0, 0.1) is 12.8 Å². The first-order valence-electron chi connectivity index (χ1n) is 6.12. The predicted molar refractivity (Wildman–Crippen MR) is 64.6 cm³/mol. The molecule has 4 heteroatoms. The van der Waals surface area contributed by atoms with Crippen molar-refractivity contribution in [2.75, 3.05) is 13.1 Å². The lowest BCUT2D eigenvalue weighted by Crippen LogP contribution is -2.29. The second kappa shape index (κ2) is 4.87. The minimum absolute atomic E-state index is 0.117. The number of nitrogens with zero attached hydrogens (tertiary/aromatic N) is 2. The molecule has 0 atom stereocenters. The number of hydrogen-bond acceptors (Lipinski definition) is 2. The zero-order valence-electron chi connectivity index (χ0n) is 10.2. The third kappa shape index (κ3) is 2.38. The van der Waals surface area contributed by atoms with Gasteiger partial charge in [-0.1, -0.05) is 0 Å². The first-order chi connectivity index (χ1) is 7.68. The van der Waals surface area contributed by atoms with E-state index in [-0.39, 0.29) is 5.69 Å². The van der Waals surface area contributed by atoms with Crippen molar-refractivity contribution >= 4 is 0 Å². The van der Waals surface area contributed by atoms with E-state index in [1.165, 1.54) is 12.8 Å². The third-order valence-electron chi connectivity index (χ3n) is 3.56. The van der Waals surface area contributed by atoms with Crippen LogP contribution in [0.25, 0.3) is 0 Å². The Hall–Kier alpha value is -1.03. The molecule has 1 aromatic rings. The van der Waals surface area contributed by atoms with Gasteiger partial charge in [-0.15, -0.1) is 0 Å². The predicted octanol–water partition coefficient (Wildman–Crippen LogP) is 0.885. The molecule has 16 heavy (non-hydrogen) atoms. The summed E-state index contributed by atoms with van der Waals surface area (Å²) in [4.78, 5) is 11.8. The zero-order valence-corrected chi connectivity index (χ0v) is 10.2. The van der Waals surface area contributed by atoms with Crippen molar-refractivity contribution in [3.8, 4) is 0 Å². The molecule has 0 unspecified atom stereocenters. The summed E-state index contributed by atoms with van der Waals surface area (Å²) in [6.07, 6.45) is 5.54. The number of imidazole rings is 1. The van der Waals surface area contributed by atoms with Gasteiger partial charge in [0.05, 0.1) is 0 Å². The summed E-state index contributed by atoms with van der Waals surface area (Å²) in [6.45, 7) is 5.14. The van der Waals surface area contributed by atoms with Gasteiger partial charge in [-0.3, -0.25) is 4.57 Å². The van der Waals surface area contributed by atoms with Crippen LogP contribution in [0.3, 0.4) is 0 Å². The summed E-state index contributed by atoms with van der Waals surface area (Å²) in [6, 6.07) is 0. The summed E-state index contributed by atoms with van der Waals surface area (Å²) in [7, 11) is 1.82. The van der Waals surface area contributed by atoms with E-state index in [0.717, 1.165) is 37.7 Å². The highest BCUT2D eigenvalue weighted by atomic mass is 16.1. The molecule has 0 radical (unpaired) electrons. The van der Waals surface area contributed by atoms with Crippen molar-refractivity contribution in [2.45, 2.75) is 32.7 Å². The molecule has 1 aliphatic heterocycles. The van der Waals surface area contributed by atoms with Crippen LogP contribution < -0.4 is 11.0 Å². The molecule has 0 saturated carbocycles. The van der Waals surface area contributed by atoms with E-state index in [4.69, 9.17) is 0 Å². The average Bonchev–Trinajstić information content (AvgIpc) is 2.53. The average molecular weight is 223 g/mol. The minimum Gasteiger partial charge on any atom is -0.317 e. The Labute approximate surface area is 96.3 Å². The Morgan fingerprint density at radius 2 is 2.12 bits per heavy atom. The highest BCUT2D eigenvalue weighted by Gasteiger charge is 2.14. The SMILES string of the molecule is Cc1cn(C)c(=O)n1CCC1CCNCC1. The van der Waals surface area contributed by atoms with Crippen molar-refractivity contribution < 1.29 is 0 Å². The van der Waals surface area contributed by atoms with Gasteiger partial charge in [-0.2, -0.15) is 0 Å². The molecular weight excluding hydrogens is 202 g/mol. The van der Waals surface area contributed by atoms with Gasteiger partial charge in [0.25, 0.3) is 0 Å². The molecule has 2 rings (SSSR count). The lowest BCUT2D eigenvalue weighted by molar-refractivity contribution is 0.335. The van der Waals surface area contributed by atoms with Crippen LogP contribution in [0.1, 0.15) is 25.0 Å². The molecule has 1 saturated heterocycles. The molecule has 1 fully saturated rings. The molecule has 0 amide bonds. The number of hydrogen-bond donors (Lipinski definition) is 1. The molecule has 0 spiro atoms. The largest absolute Gasteiger partial charge is 0.328 e. The number of rotatable bonds is 3. The number of nitrogens with one attached hydrogen (secondary N) is 1. The summed E-state index contributed by atoms with van der Waals surface area (Å²) < 4.78 is 3.56. The maximum absolute atomic E-state index is 11.8. The van der Waals surface area contributed by atoms with Crippen molar-refractivity contribution in [1.82, 2.24) is 14.5 Å². The minimum atomic E-state index is 0.117. The van der Waals surface area contributed by atoms with Crippen molar-refractivity contribution in [3.05, 3.63) is 22.4 Å². The van der Waals surface area contributed by atoms with Crippen LogP contribution in [0.5, 0.6) is 0 Å². The third-order valence-corrected chi connectivity index (χ3v) is 3.56. The van der Waals surface area contributed by atoms with Crippen LogP contribution in [-0.4, -0.2) is 22.2 Å². The Morgan fingerprint density at radius 1 is 1.44 bits per heavy atom. The topological polar surface area (TPSA) is 39.0 Å². The fourth-order valence-electron chi connectivity index (χ4n) is 2.50. The molecule has 0 aromatic carbocycles. The fraction of sp³-hybridized carbons (Fsp3) is 0.750. The van der Waals surface area contributed by atoms with E-state index in [0.29, 0.717) is 0 Å². The maximum Gasteiger partial charge on any atom is 0.328 e. The van der Waals surface area contributed by atoms with Crippen LogP contribution in [-0.2, 0) is 13.6 Å². The molecule has 0 bridgehead atoms. The summed E-state index contributed by atoms with van der Waals surface area (Å²) in [5.41, 5.74) is 1.19. The second-order valence-corrected chi connectivity index (χ2v) is 4.80. The zero-order chi connectivity index (χ0) is 11.5. The van der Waals surface area contributed by atoms with Gasteiger partial charge in [0, 0.05) is 25.5 Å². The van der Waals surface area contributed by atoms with Gasteiger partial charge in [-0.25, -0.2) is 4.79 Å². The molecule has 90 valence electrons. The van der Waals surface area contributed by atoms with Gasteiger partial charge >= 0.3 is 5.69 Å². The summed E-state index contributed by atoms with van der Waals surface area (Å²) in [5.74, 6) is 0.785. The van der Waals surface area contributed by atoms with E-state index >= 15 is 0 Å². The van der Waals surface area contributed by atoms with E-state index < -0.39 is 0 Å². The highest BCUT2D eigenvalue weighted by molar-refractivity contribution is 4.96. The Balaban J connectivity index is 1.96. The first-order valence-corrected chi connectivity index (χ1v) is 6.12. The molecule has 2 heterocycles. The van der Waals surface area contributed by atoms with Crippen molar-refractivity contribution in [2.24, 2.45) is 13.0 Å². The molecule has 1 aliphatic rings. The summed E-state index contributed by atoms with van der Waals surface area (Å²) >= 11 is 0.